The molecule has 0 amide bonds. The smallest absolute Gasteiger partial charge is 0.0945 e. The molecule has 3 rings (SSSR count). The van der Waals surface area contributed by atoms with Crippen LogP contribution in [0.4, 0.5) is 0 Å². The van der Waals surface area contributed by atoms with Gasteiger partial charge in [-0.25, -0.2) is 4.98 Å². The molecule has 0 N–H and O–H groups in total. The van der Waals surface area contributed by atoms with Crippen LogP contribution < -0.4 is 0 Å². The lowest BCUT2D eigenvalue weighted by atomic mass is 10.1. The Hall–Kier alpha value is -1.59. The lowest BCUT2D eigenvalue weighted by molar-refractivity contribution is -0.0118. The van der Waals surface area contributed by atoms with Crippen molar-refractivity contribution in [1.82, 2.24) is 19.0 Å². The fourth-order valence-corrected chi connectivity index (χ4v) is 2.87. The lowest BCUT2D eigenvalue weighted by Crippen LogP contribution is -2.41. The van der Waals surface area contributed by atoms with Gasteiger partial charge >= 0.3 is 0 Å². The number of ether oxygens (including phenoxy) is 1. The summed E-state index contributed by atoms with van der Waals surface area (Å²) in [6.45, 7) is 4.77. The molecule has 1 unspecified atom stereocenters. The maximum Gasteiger partial charge on any atom is 0.0945 e. The molecule has 0 radical (unpaired) electrons. The van der Waals surface area contributed by atoms with Crippen LogP contribution in [0.5, 0.6) is 0 Å². The number of hydrogen-bond donors (Lipinski definition) is 0. The van der Waals surface area contributed by atoms with Crippen LogP contribution in [0.2, 0.25) is 0 Å². The van der Waals surface area contributed by atoms with Crippen molar-refractivity contribution in [3.63, 3.8) is 0 Å². The average Bonchev–Trinajstić information content (AvgIpc) is 3.11. The van der Waals surface area contributed by atoms with Crippen LogP contribution >= 0.6 is 0 Å². The number of aryl methyl sites for hydroxylation is 2. The van der Waals surface area contributed by atoms with Crippen LogP contribution in [0.15, 0.2) is 37.1 Å². The molecule has 0 aliphatic carbocycles. The summed E-state index contributed by atoms with van der Waals surface area (Å²) < 4.78 is 10.0. The van der Waals surface area contributed by atoms with Gasteiger partial charge in [-0.1, -0.05) is 0 Å². The minimum atomic E-state index is 0.381. The SMILES string of the molecule is Cn1cccc1C1COCCN1CCCn1ccnc1. The van der Waals surface area contributed by atoms with E-state index in [1.165, 1.54) is 5.69 Å². The molecule has 2 aromatic heterocycles. The minimum absolute atomic E-state index is 0.381. The zero-order chi connectivity index (χ0) is 13.8. The number of imidazole rings is 1. The van der Waals surface area contributed by atoms with Gasteiger partial charge in [-0.15, -0.1) is 0 Å². The highest BCUT2D eigenvalue weighted by atomic mass is 16.5. The van der Waals surface area contributed by atoms with E-state index in [-0.39, 0.29) is 0 Å². The molecule has 2 aromatic rings. The summed E-state index contributed by atoms with van der Waals surface area (Å²) >= 11 is 0. The van der Waals surface area contributed by atoms with Gasteiger partial charge in [0, 0.05) is 51.0 Å². The molecule has 3 heterocycles. The summed E-state index contributed by atoms with van der Waals surface area (Å²) in [7, 11) is 2.10. The van der Waals surface area contributed by atoms with Gasteiger partial charge in [0.1, 0.15) is 0 Å². The molecule has 5 heteroatoms. The molecule has 108 valence electrons. The highest BCUT2D eigenvalue weighted by molar-refractivity contribution is 5.12. The van der Waals surface area contributed by atoms with Crippen molar-refractivity contribution in [3.8, 4) is 0 Å². The number of nitrogens with zero attached hydrogens (tertiary/aromatic N) is 4. The lowest BCUT2D eigenvalue weighted by Gasteiger charge is -2.36. The Morgan fingerprint density at radius 2 is 2.30 bits per heavy atom. The third kappa shape index (κ3) is 2.94. The fourth-order valence-electron chi connectivity index (χ4n) is 2.87. The average molecular weight is 274 g/mol. The Balaban J connectivity index is 1.59. The van der Waals surface area contributed by atoms with Crippen molar-refractivity contribution in [1.29, 1.82) is 0 Å². The molecule has 1 fully saturated rings. The van der Waals surface area contributed by atoms with E-state index in [1.54, 1.807) is 0 Å². The summed E-state index contributed by atoms with van der Waals surface area (Å²) in [6.07, 6.45) is 8.98. The van der Waals surface area contributed by atoms with Crippen molar-refractivity contribution < 1.29 is 4.74 Å². The fraction of sp³-hybridized carbons (Fsp3) is 0.533. The Kier molecular flexibility index (Phi) is 4.18. The molecule has 1 atom stereocenters. The molecule has 20 heavy (non-hydrogen) atoms. The molecule has 0 bridgehead atoms. The van der Waals surface area contributed by atoms with Crippen LogP contribution in [0.1, 0.15) is 18.2 Å². The number of aromatic nitrogens is 3. The zero-order valence-electron chi connectivity index (χ0n) is 12.0. The van der Waals surface area contributed by atoms with Gasteiger partial charge in [0.25, 0.3) is 0 Å². The minimum Gasteiger partial charge on any atom is -0.378 e. The van der Waals surface area contributed by atoms with E-state index in [1.807, 2.05) is 18.7 Å². The predicted octanol–water partition coefficient (Wildman–Crippen LogP) is 1.69. The topological polar surface area (TPSA) is 35.2 Å². The molecule has 5 nitrogen and oxygen atoms in total. The van der Waals surface area contributed by atoms with Crippen LogP contribution in [-0.4, -0.2) is 45.3 Å². The maximum atomic E-state index is 5.67. The Morgan fingerprint density at radius 1 is 1.35 bits per heavy atom. The first-order valence-electron chi connectivity index (χ1n) is 7.23. The Labute approximate surface area is 119 Å². The molecule has 1 saturated heterocycles. The first kappa shape index (κ1) is 13.4. The van der Waals surface area contributed by atoms with Crippen molar-refractivity contribution in [2.24, 2.45) is 7.05 Å². The summed E-state index contributed by atoms with van der Waals surface area (Å²) in [6, 6.07) is 4.68. The number of hydrogen-bond acceptors (Lipinski definition) is 3. The standard InChI is InChI=1S/C15H22N4O/c1-17-6-2-4-14(17)15-12-20-11-10-19(15)8-3-7-18-9-5-16-13-18/h2,4-6,9,13,15H,3,7-8,10-12H2,1H3. The molecular formula is C15H22N4O. The molecular weight excluding hydrogens is 252 g/mol. The first-order chi connectivity index (χ1) is 9.84. The summed E-state index contributed by atoms with van der Waals surface area (Å²) in [4.78, 5) is 6.62. The van der Waals surface area contributed by atoms with Crippen LogP contribution in [0.3, 0.4) is 0 Å². The zero-order valence-corrected chi connectivity index (χ0v) is 12.0. The van der Waals surface area contributed by atoms with Crippen molar-refractivity contribution in [3.05, 3.63) is 42.7 Å². The van der Waals surface area contributed by atoms with E-state index in [4.69, 9.17) is 4.74 Å². The monoisotopic (exact) mass is 274 g/mol. The summed E-state index contributed by atoms with van der Waals surface area (Å²) in [5.74, 6) is 0. The summed E-state index contributed by atoms with van der Waals surface area (Å²) in [5.41, 5.74) is 1.34. The molecule has 0 spiro atoms. The number of morpholine rings is 1. The highest BCUT2D eigenvalue weighted by Crippen LogP contribution is 2.24. The second kappa shape index (κ2) is 6.24. The van der Waals surface area contributed by atoms with Crippen molar-refractivity contribution in [2.75, 3.05) is 26.3 Å². The highest BCUT2D eigenvalue weighted by Gasteiger charge is 2.25. The van der Waals surface area contributed by atoms with E-state index < -0.39 is 0 Å². The number of rotatable bonds is 5. The van der Waals surface area contributed by atoms with Gasteiger partial charge < -0.3 is 13.9 Å². The van der Waals surface area contributed by atoms with E-state index in [2.05, 4.69) is 44.4 Å². The van der Waals surface area contributed by atoms with Gasteiger partial charge in [-0.2, -0.15) is 0 Å². The molecule has 1 aliphatic heterocycles. The van der Waals surface area contributed by atoms with Crippen LogP contribution in [0, 0.1) is 0 Å². The van der Waals surface area contributed by atoms with Crippen LogP contribution in [0.25, 0.3) is 0 Å². The van der Waals surface area contributed by atoms with Crippen LogP contribution in [-0.2, 0) is 18.3 Å². The van der Waals surface area contributed by atoms with Gasteiger partial charge in [0.05, 0.1) is 25.6 Å². The van der Waals surface area contributed by atoms with E-state index in [0.717, 1.165) is 39.3 Å². The van der Waals surface area contributed by atoms with E-state index in [0.29, 0.717) is 6.04 Å². The molecule has 0 aromatic carbocycles. The van der Waals surface area contributed by atoms with E-state index >= 15 is 0 Å². The third-order valence-corrected chi connectivity index (χ3v) is 3.99. The molecule has 1 aliphatic rings. The first-order valence-corrected chi connectivity index (χ1v) is 7.23. The predicted molar refractivity (Wildman–Crippen MR) is 77.4 cm³/mol. The second-order valence-electron chi connectivity index (χ2n) is 5.32. The summed E-state index contributed by atoms with van der Waals surface area (Å²) in [5, 5.41) is 0. The Morgan fingerprint density at radius 3 is 3.05 bits per heavy atom. The van der Waals surface area contributed by atoms with Gasteiger partial charge in [-0.05, 0) is 18.6 Å². The van der Waals surface area contributed by atoms with Crippen molar-refractivity contribution >= 4 is 0 Å². The quantitative estimate of drug-likeness (QED) is 0.832. The second-order valence-corrected chi connectivity index (χ2v) is 5.32. The largest absolute Gasteiger partial charge is 0.378 e. The van der Waals surface area contributed by atoms with Gasteiger partial charge in [-0.3, -0.25) is 4.90 Å². The van der Waals surface area contributed by atoms with E-state index in [9.17, 15) is 0 Å². The Bertz CT molecular complexity index is 520. The third-order valence-electron chi connectivity index (χ3n) is 3.99. The molecule has 0 saturated carbocycles. The van der Waals surface area contributed by atoms with Crippen molar-refractivity contribution in [2.45, 2.75) is 19.0 Å². The normalized spacial score (nSPS) is 20.4. The maximum absolute atomic E-state index is 5.67. The van der Waals surface area contributed by atoms with Gasteiger partial charge in [0.15, 0.2) is 0 Å². The van der Waals surface area contributed by atoms with Gasteiger partial charge in [0.2, 0.25) is 0 Å².